The van der Waals surface area contributed by atoms with Gasteiger partial charge in [0.05, 0.1) is 16.5 Å². The fourth-order valence-corrected chi connectivity index (χ4v) is 2.70. The first-order valence-electron chi connectivity index (χ1n) is 6.96. The molecule has 0 saturated carbocycles. The summed E-state index contributed by atoms with van der Waals surface area (Å²) in [7, 11) is -2.32. The van der Waals surface area contributed by atoms with Crippen LogP contribution >= 0.6 is 0 Å². The lowest BCUT2D eigenvalue weighted by Crippen LogP contribution is -2.30. The van der Waals surface area contributed by atoms with Crippen molar-refractivity contribution in [3.8, 4) is 0 Å². The Kier molecular flexibility index (Phi) is 5.00. The summed E-state index contributed by atoms with van der Waals surface area (Å²) in [5.74, 6) is -2.32. The predicted molar refractivity (Wildman–Crippen MR) is 84.7 cm³/mol. The van der Waals surface area contributed by atoms with Crippen LogP contribution in [0, 0.1) is 11.6 Å². The van der Waals surface area contributed by atoms with E-state index in [1.54, 1.807) is 6.92 Å². The second-order valence-electron chi connectivity index (χ2n) is 5.33. The monoisotopic (exact) mass is 354 g/mol. The predicted octanol–water partition coefficient (Wildman–Crippen LogP) is 2.45. The maximum atomic E-state index is 13.7. The Bertz CT molecular complexity index is 867. The van der Waals surface area contributed by atoms with Gasteiger partial charge in [0.15, 0.2) is 0 Å². The summed E-state index contributed by atoms with van der Waals surface area (Å²) in [6, 6.07) is 7.99. The number of nitrogens with zero attached hydrogens (tertiary/aromatic N) is 1. The van der Waals surface area contributed by atoms with E-state index >= 15 is 0 Å². The van der Waals surface area contributed by atoms with Crippen molar-refractivity contribution in [2.24, 2.45) is 5.14 Å². The summed E-state index contributed by atoms with van der Waals surface area (Å²) in [5.41, 5.74) is 0.396. The minimum Gasteiger partial charge on any atom is -0.335 e. The smallest absolute Gasteiger partial charge is 0.257 e. The Morgan fingerprint density at radius 2 is 1.71 bits per heavy atom. The second-order valence-corrected chi connectivity index (χ2v) is 6.89. The molecule has 128 valence electrons. The lowest BCUT2D eigenvalue weighted by molar-refractivity contribution is 0.0737. The Morgan fingerprint density at radius 1 is 1.12 bits per heavy atom. The molecule has 2 aromatic rings. The first-order chi connectivity index (χ1) is 11.1. The quantitative estimate of drug-likeness (QED) is 0.916. The molecule has 0 heterocycles. The maximum Gasteiger partial charge on any atom is 0.257 e. The van der Waals surface area contributed by atoms with Crippen LogP contribution in [-0.4, -0.2) is 26.3 Å². The van der Waals surface area contributed by atoms with Gasteiger partial charge in [-0.05, 0) is 36.8 Å². The van der Waals surface area contributed by atoms with E-state index in [9.17, 15) is 22.0 Å². The molecule has 0 radical (unpaired) electrons. The van der Waals surface area contributed by atoms with Crippen LogP contribution in [0.15, 0.2) is 47.4 Å². The topological polar surface area (TPSA) is 80.5 Å². The average Bonchev–Trinajstić information content (AvgIpc) is 2.52. The zero-order chi connectivity index (χ0) is 18.1. The van der Waals surface area contributed by atoms with E-state index in [-0.39, 0.29) is 10.5 Å². The van der Waals surface area contributed by atoms with E-state index in [1.807, 2.05) is 0 Å². The van der Waals surface area contributed by atoms with Crippen LogP contribution < -0.4 is 5.14 Å². The maximum absolute atomic E-state index is 13.7. The molecule has 0 fully saturated rings. The number of hydrogen-bond acceptors (Lipinski definition) is 3. The third-order valence-electron chi connectivity index (χ3n) is 3.75. The van der Waals surface area contributed by atoms with Gasteiger partial charge in [0.25, 0.3) is 5.91 Å². The lowest BCUT2D eigenvalue weighted by Gasteiger charge is -2.25. The van der Waals surface area contributed by atoms with E-state index in [0.717, 1.165) is 12.1 Å². The molecule has 0 aliphatic carbocycles. The SMILES string of the molecule is CC(c1ccc(S(N)(=O)=O)cc1)N(C)C(=O)c1ccc(F)cc1F. The van der Waals surface area contributed by atoms with Crippen molar-refractivity contribution >= 4 is 15.9 Å². The fourth-order valence-electron chi connectivity index (χ4n) is 2.19. The van der Waals surface area contributed by atoms with Gasteiger partial charge in [0.1, 0.15) is 11.6 Å². The number of sulfonamides is 1. The van der Waals surface area contributed by atoms with E-state index in [2.05, 4.69) is 0 Å². The van der Waals surface area contributed by atoms with Crippen molar-refractivity contribution in [1.82, 2.24) is 4.90 Å². The normalized spacial score (nSPS) is 12.7. The number of carbonyl (C=O) groups is 1. The first kappa shape index (κ1) is 18.0. The first-order valence-corrected chi connectivity index (χ1v) is 8.51. The molecule has 0 aliphatic rings. The number of hydrogen-bond donors (Lipinski definition) is 1. The van der Waals surface area contributed by atoms with Crippen molar-refractivity contribution in [3.05, 3.63) is 65.2 Å². The summed E-state index contributed by atoms with van der Waals surface area (Å²) in [6.45, 7) is 1.70. The Labute approximate surface area is 138 Å². The van der Waals surface area contributed by atoms with Crippen LogP contribution in [0.4, 0.5) is 8.78 Å². The molecule has 2 N–H and O–H groups in total. The summed E-state index contributed by atoms with van der Waals surface area (Å²) < 4.78 is 49.2. The number of rotatable bonds is 4. The summed E-state index contributed by atoms with van der Waals surface area (Å²) >= 11 is 0. The molecule has 24 heavy (non-hydrogen) atoms. The zero-order valence-corrected chi connectivity index (χ0v) is 13.8. The molecular weight excluding hydrogens is 338 g/mol. The van der Waals surface area contributed by atoms with Crippen LogP contribution in [0.5, 0.6) is 0 Å². The van der Waals surface area contributed by atoms with Crippen LogP contribution in [0.3, 0.4) is 0 Å². The zero-order valence-electron chi connectivity index (χ0n) is 13.0. The highest BCUT2D eigenvalue weighted by Gasteiger charge is 2.22. The fraction of sp³-hybridized carbons (Fsp3) is 0.188. The van der Waals surface area contributed by atoms with Gasteiger partial charge < -0.3 is 4.90 Å². The molecule has 0 saturated heterocycles. The third kappa shape index (κ3) is 3.77. The highest BCUT2D eigenvalue weighted by Crippen LogP contribution is 2.23. The van der Waals surface area contributed by atoms with Crippen molar-refractivity contribution < 1.29 is 22.0 Å². The van der Waals surface area contributed by atoms with Gasteiger partial charge in [-0.2, -0.15) is 0 Å². The Hall–Kier alpha value is -2.32. The summed E-state index contributed by atoms with van der Waals surface area (Å²) in [6.07, 6.45) is 0. The number of nitrogens with two attached hydrogens (primary N) is 1. The Morgan fingerprint density at radius 3 is 2.21 bits per heavy atom. The van der Waals surface area contributed by atoms with Gasteiger partial charge in [-0.3, -0.25) is 4.79 Å². The summed E-state index contributed by atoms with van der Waals surface area (Å²) in [5, 5.41) is 5.03. The van der Waals surface area contributed by atoms with Crippen LogP contribution in [0.1, 0.15) is 28.9 Å². The molecule has 1 amide bonds. The minimum atomic E-state index is -3.80. The average molecular weight is 354 g/mol. The highest BCUT2D eigenvalue weighted by atomic mass is 32.2. The number of benzene rings is 2. The molecule has 2 aromatic carbocycles. The van der Waals surface area contributed by atoms with Gasteiger partial charge in [0, 0.05) is 13.1 Å². The molecule has 2 rings (SSSR count). The van der Waals surface area contributed by atoms with Crippen LogP contribution in [0.25, 0.3) is 0 Å². The lowest BCUT2D eigenvalue weighted by atomic mass is 10.1. The molecule has 8 heteroatoms. The molecule has 0 spiro atoms. The van der Waals surface area contributed by atoms with Gasteiger partial charge in [-0.25, -0.2) is 22.3 Å². The molecule has 0 aliphatic heterocycles. The minimum absolute atomic E-state index is 0.0444. The highest BCUT2D eigenvalue weighted by molar-refractivity contribution is 7.89. The molecule has 5 nitrogen and oxygen atoms in total. The van der Waals surface area contributed by atoms with E-state index in [0.29, 0.717) is 11.6 Å². The molecule has 1 atom stereocenters. The van der Waals surface area contributed by atoms with Crippen molar-refractivity contribution in [3.63, 3.8) is 0 Å². The number of primary sulfonamides is 1. The second kappa shape index (κ2) is 6.66. The van der Waals surface area contributed by atoms with Crippen molar-refractivity contribution in [2.75, 3.05) is 7.05 Å². The van der Waals surface area contributed by atoms with Gasteiger partial charge in [-0.15, -0.1) is 0 Å². The number of carbonyl (C=O) groups excluding carboxylic acids is 1. The largest absolute Gasteiger partial charge is 0.335 e. The van der Waals surface area contributed by atoms with Crippen LogP contribution in [0.2, 0.25) is 0 Å². The molecule has 0 aromatic heterocycles. The summed E-state index contributed by atoms with van der Waals surface area (Å²) in [4.78, 5) is 13.6. The molecular formula is C16H16F2N2O3S. The van der Waals surface area contributed by atoms with Crippen molar-refractivity contribution in [1.29, 1.82) is 0 Å². The van der Waals surface area contributed by atoms with E-state index < -0.39 is 33.6 Å². The molecule has 1 unspecified atom stereocenters. The molecule has 0 bridgehead atoms. The number of halogens is 2. The van der Waals surface area contributed by atoms with E-state index in [1.165, 1.54) is 36.2 Å². The van der Waals surface area contributed by atoms with Gasteiger partial charge in [0.2, 0.25) is 10.0 Å². The van der Waals surface area contributed by atoms with E-state index in [4.69, 9.17) is 5.14 Å². The van der Waals surface area contributed by atoms with Gasteiger partial charge >= 0.3 is 0 Å². The number of amides is 1. The standard InChI is InChI=1S/C16H16F2N2O3S/c1-10(11-3-6-13(7-4-11)24(19,22)23)20(2)16(21)14-8-5-12(17)9-15(14)18/h3-10H,1-2H3,(H2,19,22,23). The van der Waals surface area contributed by atoms with Crippen molar-refractivity contribution in [2.45, 2.75) is 17.9 Å². The third-order valence-corrected chi connectivity index (χ3v) is 4.68. The van der Waals surface area contributed by atoms with Crippen LogP contribution in [-0.2, 0) is 10.0 Å². The Balaban J connectivity index is 2.25. The van der Waals surface area contributed by atoms with Gasteiger partial charge in [-0.1, -0.05) is 12.1 Å².